The summed E-state index contributed by atoms with van der Waals surface area (Å²) >= 11 is 0. The second-order valence-corrected chi connectivity index (χ2v) is 4.36. The van der Waals surface area contributed by atoms with Gasteiger partial charge >= 0.3 is 0 Å². The molecule has 0 aliphatic carbocycles. The van der Waals surface area contributed by atoms with Gasteiger partial charge in [-0.15, -0.1) is 0 Å². The van der Waals surface area contributed by atoms with Gasteiger partial charge in [-0.1, -0.05) is 31.5 Å². The summed E-state index contributed by atoms with van der Waals surface area (Å²) in [6, 6.07) is 8.07. The first kappa shape index (κ1) is 11.7. The molecule has 0 unspecified atom stereocenters. The average Bonchev–Trinajstić information content (AvgIpc) is 2.60. The summed E-state index contributed by atoms with van der Waals surface area (Å²) in [6.07, 6.45) is 2.15. The van der Waals surface area contributed by atoms with Crippen molar-refractivity contribution in [3.8, 4) is 0 Å². The number of benzene rings is 1. The highest BCUT2D eigenvalue weighted by molar-refractivity contribution is 6.00. The second-order valence-electron chi connectivity index (χ2n) is 4.36. The van der Waals surface area contributed by atoms with E-state index in [-0.39, 0.29) is 5.91 Å². The minimum absolute atomic E-state index is 0.338. The largest absolute Gasteiger partial charge is 0.364 e. The van der Waals surface area contributed by atoms with Crippen LogP contribution < -0.4 is 5.73 Å². The lowest BCUT2D eigenvalue weighted by Crippen LogP contribution is -2.18. The average molecular weight is 230 g/mol. The van der Waals surface area contributed by atoms with Crippen LogP contribution in [0.1, 0.15) is 35.8 Å². The lowest BCUT2D eigenvalue weighted by atomic mass is 10.1. The predicted octanol–water partition coefficient (Wildman–Crippen LogP) is 2.85. The number of aromatic nitrogens is 1. The Morgan fingerprint density at radius 3 is 2.71 bits per heavy atom. The Bertz CT molecular complexity index is 555. The molecule has 0 bridgehead atoms. The van der Waals surface area contributed by atoms with Crippen LogP contribution in [0.15, 0.2) is 24.3 Å². The molecular formula is C14H18N2O. The molecule has 0 radical (unpaired) electrons. The van der Waals surface area contributed by atoms with E-state index in [0.29, 0.717) is 5.69 Å². The van der Waals surface area contributed by atoms with Gasteiger partial charge < -0.3 is 10.3 Å². The van der Waals surface area contributed by atoms with Crippen molar-refractivity contribution in [3.05, 3.63) is 35.5 Å². The Balaban J connectivity index is 2.67. The molecule has 0 saturated heterocycles. The SMILES string of the molecule is CCCCn1c(C(N)=O)c(C)c2ccccc21. The number of primary amides is 1. The highest BCUT2D eigenvalue weighted by Crippen LogP contribution is 2.25. The lowest BCUT2D eigenvalue weighted by molar-refractivity contribution is 0.0991. The Morgan fingerprint density at radius 2 is 2.06 bits per heavy atom. The number of hydrogen-bond donors (Lipinski definition) is 1. The van der Waals surface area contributed by atoms with Crippen LogP contribution in [-0.2, 0) is 6.54 Å². The molecule has 3 heteroatoms. The molecule has 0 aliphatic rings. The summed E-state index contributed by atoms with van der Waals surface area (Å²) in [6.45, 7) is 4.95. The van der Waals surface area contributed by atoms with Crippen LogP contribution in [0, 0.1) is 6.92 Å². The molecule has 0 fully saturated rings. The van der Waals surface area contributed by atoms with Crippen LogP contribution in [-0.4, -0.2) is 10.5 Å². The number of nitrogens with zero attached hydrogens (tertiary/aromatic N) is 1. The highest BCUT2D eigenvalue weighted by atomic mass is 16.1. The summed E-state index contributed by atoms with van der Waals surface area (Å²) in [5.41, 5.74) is 8.24. The minimum atomic E-state index is -0.338. The van der Waals surface area contributed by atoms with E-state index in [9.17, 15) is 4.79 Å². The first-order valence-corrected chi connectivity index (χ1v) is 6.04. The summed E-state index contributed by atoms with van der Waals surface area (Å²) in [7, 11) is 0. The van der Waals surface area contributed by atoms with E-state index in [1.54, 1.807) is 0 Å². The van der Waals surface area contributed by atoms with Crippen molar-refractivity contribution in [1.29, 1.82) is 0 Å². The number of carbonyl (C=O) groups is 1. The molecule has 90 valence electrons. The van der Waals surface area contributed by atoms with Crippen LogP contribution in [0.5, 0.6) is 0 Å². The van der Waals surface area contributed by atoms with Gasteiger partial charge in [-0.2, -0.15) is 0 Å². The zero-order chi connectivity index (χ0) is 12.4. The number of hydrogen-bond acceptors (Lipinski definition) is 1. The van der Waals surface area contributed by atoms with E-state index < -0.39 is 0 Å². The van der Waals surface area contributed by atoms with Crippen molar-refractivity contribution in [2.75, 3.05) is 0 Å². The van der Waals surface area contributed by atoms with Crippen LogP contribution in [0.25, 0.3) is 10.9 Å². The van der Waals surface area contributed by atoms with Gasteiger partial charge in [0.15, 0.2) is 0 Å². The fourth-order valence-electron chi connectivity index (χ4n) is 2.34. The van der Waals surface area contributed by atoms with Crippen LogP contribution >= 0.6 is 0 Å². The topological polar surface area (TPSA) is 48.0 Å². The number of rotatable bonds is 4. The van der Waals surface area contributed by atoms with Crippen molar-refractivity contribution in [1.82, 2.24) is 4.57 Å². The molecular weight excluding hydrogens is 212 g/mol. The quantitative estimate of drug-likeness (QED) is 0.862. The van der Waals surface area contributed by atoms with E-state index in [1.165, 1.54) is 0 Å². The molecule has 0 aliphatic heterocycles. The number of aryl methyl sites for hydroxylation is 2. The van der Waals surface area contributed by atoms with Gasteiger partial charge in [-0.05, 0) is 25.0 Å². The van der Waals surface area contributed by atoms with Crippen molar-refractivity contribution < 1.29 is 4.79 Å². The smallest absolute Gasteiger partial charge is 0.265 e. The van der Waals surface area contributed by atoms with Gasteiger partial charge in [0.25, 0.3) is 5.91 Å². The van der Waals surface area contributed by atoms with Crippen LogP contribution in [0.4, 0.5) is 0 Å². The van der Waals surface area contributed by atoms with E-state index >= 15 is 0 Å². The summed E-state index contributed by atoms with van der Waals surface area (Å²) in [5, 5.41) is 1.12. The fourth-order valence-corrected chi connectivity index (χ4v) is 2.34. The predicted molar refractivity (Wildman–Crippen MR) is 70.1 cm³/mol. The Kier molecular flexibility index (Phi) is 3.18. The third kappa shape index (κ3) is 1.93. The van der Waals surface area contributed by atoms with Gasteiger partial charge in [0.2, 0.25) is 0 Å². The number of amides is 1. The monoisotopic (exact) mass is 230 g/mol. The molecule has 1 heterocycles. The van der Waals surface area contributed by atoms with Crippen molar-refractivity contribution in [2.24, 2.45) is 5.73 Å². The Hall–Kier alpha value is -1.77. The maximum Gasteiger partial charge on any atom is 0.265 e. The molecule has 2 rings (SSSR count). The maximum atomic E-state index is 11.6. The Labute approximate surface area is 101 Å². The molecule has 2 N–H and O–H groups in total. The molecule has 0 spiro atoms. The molecule has 1 amide bonds. The molecule has 0 saturated carbocycles. The van der Waals surface area contributed by atoms with Gasteiger partial charge in [-0.3, -0.25) is 4.79 Å². The maximum absolute atomic E-state index is 11.6. The zero-order valence-electron chi connectivity index (χ0n) is 10.4. The number of carbonyl (C=O) groups excluding carboxylic acids is 1. The van der Waals surface area contributed by atoms with Gasteiger partial charge in [0, 0.05) is 17.4 Å². The summed E-state index contributed by atoms with van der Waals surface area (Å²) in [4.78, 5) is 11.6. The van der Waals surface area contributed by atoms with Crippen LogP contribution in [0.2, 0.25) is 0 Å². The summed E-state index contributed by atoms with van der Waals surface area (Å²) in [5.74, 6) is -0.338. The van der Waals surface area contributed by atoms with Gasteiger partial charge in [0.05, 0.1) is 0 Å². The first-order chi connectivity index (χ1) is 8.16. The molecule has 0 atom stereocenters. The molecule has 3 nitrogen and oxygen atoms in total. The number of unbranched alkanes of at least 4 members (excludes halogenated alkanes) is 1. The number of fused-ring (bicyclic) bond motifs is 1. The van der Waals surface area contributed by atoms with Crippen LogP contribution in [0.3, 0.4) is 0 Å². The zero-order valence-corrected chi connectivity index (χ0v) is 10.4. The first-order valence-electron chi connectivity index (χ1n) is 6.04. The Morgan fingerprint density at radius 1 is 1.35 bits per heavy atom. The van der Waals surface area contributed by atoms with Crippen molar-refractivity contribution in [2.45, 2.75) is 33.2 Å². The normalized spacial score (nSPS) is 10.9. The molecule has 2 aromatic rings. The van der Waals surface area contributed by atoms with E-state index in [4.69, 9.17) is 5.73 Å². The number of para-hydroxylation sites is 1. The van der Waals surface area contributed by atoms with E-state index in [0.717, 1.165) is 35.9 Å². The molecule has 17 heavy (non-hydrogen) atoms. The number of nitrogens with two attached hydrogens (primary N) is 1. The third-order valence-electron chi connectivity index (χ3n) is 3.19. The minimum Gasteiger partial charge on any atom is -0.364 e. The van der Waals surface area contributed by atoms with Crippen molar-refractivity contribution in [3.63, 3.8) is 0 Å². The second kappa shape index (κ2) is 4.62. The third-order valence-corrected chi connectivity index (χ3v) is 3.19. The van der Waals surface area contributed by atoms with Gasteiger partial charge in [-0.25, -0.2) is 0 Å². The molecule has 1 aromatic carbocycles. The van der Waals surface area contributed by atoms with Gasteiger partial charge in [0.1, 0.15) is 5.69 Å². The van der Waals surface area contributed by atoms with E-state index in [2.05, 4.69) is 11.5 Å². The summed E-state index contributed by atoms with van der Waals surface area (Å²) < 4.78 is 2.05. The van der Waals surface area contributed by atoms with E-state index in [1.807, 2.05) is 31.2 Å². The van der Waals surface area contributed by atoms with Crippen molar-refractivity contribution >= 4 is 16.8 Å². The highest BCUT2D eigenvalue weighted by Gasteiger charge is 2.16. The standard InChI is InChI=1S/C14H18N2O/c1-3-4-9-16-12-8-6-5-7-11(12)10(2)13(16)14(15)17/h5-8H,3-4,9H2,1-2H3,(H2,15,17). The fraction of sp³-hybridized carbons (Fsp3) is 0.357. The molecule has 1 aromatic heterocycles. The lowest BCUT2D eigenvalue weighted by Gasteiger charge is -2.08.